The minimum Gasteiger partial charge on any atom is -0.497 e. The van der Waals surface area contributed by atoms with E-state index in [1.54, 1.807) is 42.5 Å². The van der Waals surface area contributed by atoms with Gasteiger partial charge in [-0.2, -0.15) is 0 Å². The summed E-state index contributed by atoms with van der Waals surface area (Å²) in [6.45, 7) is 5.57. The molecule has 8 nitrogen and oxygen atoms in total. The maximum Gasteiger partial charge on any atom is 0.335 e. The molecule has 0 saturated carbocycles. The van der Waals surface area contributed by atoms with Gasteiger partial charge in [-0.05, 0) is 38.5 Å². The lowest BCUT2D eigenvalue weighted by atomic mass is 10.00. The summed E-state index contributed by atoms with van der Waals surface area (Å²) in [7, 11) is 3.03. The maximum absolute atomic E-state index is 13.4. The molecule has 31 heavy (non-hydrogen) atoms. The molecule has 1 saturated heterocycles. The largest absolute Gasteiger partial charge is 0.497 e. The molecule has 0 aliphatic carbocycles. The van der Waals surface area contributed by atoms with Crippen LogP contribution in [0, 0.1) is 0 Å². The Labute approximate surface area is 181 Å². The predicted molar refractivity (Wildman–Crippen MR) is 114 cm³/mol. The van der Waals surface area contributed by atoms with Crippen molar-refractivity contribution in [3.05, 3.63) is 59.7 Å². The smallest absolute Gasteiger partial charge is 0.335 e. The zero-order valence-electron chi connectivity index (χ0n) is 18.3. The third-order valence-corrected chi connectivity index (χ3v) is 4.92. The van der Waals surface area contributed by atoms with Crippen molar-refractivity contribution < 1.29 is 28.9 Å². The van der Waals surface area contributed by atoms with Crippen LogP contribution in [-0.2, 0) is 9.53 Å². The monoisotopic (exact) mass is 428 g/mol. The van der Waals surface area contributed by atoms with Gasteiger partial charge in [0.1, 0.15) is 11.5 Å². The van der Waals surface area contributed by atoms with Crippen molar-refractivity contribution in [2.45, 2.75) is 44.7 Å². The first-order chi connectivity index (χ1) is 14.7. The highest BCUT2D eigenvalue weighted by Crippen LogP contribution is 2.46. The van der Waals surface area contributed by atoms with Gasteiger partial charge in [-0.3, -0.25) is 4.90 Å². The molecule has 0 bridgehead atoms. The van der Waals surface area contributed by atoms with Gasteiger partial charge >= 0.3 is 12.0 Å². The molecule has 2 N–H and O–H groups in total. The average Bonchev–Trinajstić information content (AvgIpc) is 3.13. The summed E-state index contributed by atoms with van der Waals surface area (Å²) < 4.78 is 16.7. The molecule has 1 unspecified atom stereocenters. The lowest BCUT2D eigenvalue weighted by molar-refractivity contribution is -0.150. The van der Waals surface area contributed by atoms with Crippen LogP contribution < -0.4 is 14.8 Å². The molecule has 0 spiro atoms. The van der Waals surface area contributed by atoms with Gasteiger partial charge in [0, 0.05) is 17.2 Å². The topological polar surface area (TPSA) is 97.3 Å². The molecule has 1 aliphatic rings. The number of nitrogens with zero attached hydrogens (tertiary/aromatic N) is 1. The number of amides is 2. The number of carboxylic acids is 1. The number of carbonyl (C=O) groups is 2. The van der Waals surface area contributed by atoms with Gasteiger partial charge < -0.3 is 24.6 Å². The minimum atomic E-state index is -1.26. The molecule has 2 aromatic rings. The number of benzene rings is 2. The molecule has 3 rings (SSSR count). The van der Waals surface area contributed by atoms with E-state index >= 15 is 0 Å². The summed E-state index contributed by atoms with van der Waals surface area (Å²) in [6.07, 6.45) is -2.24. The molecule has 2 amide bonds. The fraction of sp³-hybridized carbons (Fsp3) is 0.391. The first-order valence-electron chi connectivity index (χ1n) is 9.92. The number of urea groups is 1. The van der Waals surface area contributed by atoms with Crippen molar-refractivity contribution in [3.8, 4) is 11.5 Å². The molecule has 2 aromatic carbocycles. The van der Waals surface area contributed by atoms with Crippen LogP contribution in [0.3, 0.4) is 0 Å². The number of hydrogen-bond donors (Lipinski definition) is 2. The number of aliphatic carboxylic acids is 1. The van der Waals surface area contributed by atoms with Crippen molar-refractivity contribution >= 4 is 12.0 Å². The van der Waals surface area contributed by atoms with E-state index in [2.05, 4.69) is 5.32 Å². The summed E-state index contributed by atoms with van der Waals surface area (Å²) in [5.41, 5.74) is 0.653. The number of hydrogen-bond acceptors (Lipinski definition) is 5. The Morgan fingerprint density at radius 2 is 1.74 bits per heavy atom. The molecule has 1 heterocycles. The number of methoxy groups -OCH3 is 2. The molecular formula is C23H28N2O6. The zero-order valence-corrected chi connectivity index (χ0v) is 18.3. The first kappa shape index (κ1) is 22.4. The summed E-state index contributed by atoms with van der Waals surface area (Å²) >= 11 is 0. The standard InChI is InChI=1S/C23H28N2O6/c1-23(2,3)24-22(28)25-18(14-9-7-6-8-10-14)19(21(26)27)31-20(25)16-12-11-15(29-4)13-17(16)30-5/h6-13,18-20H,1-5H3,(H,24,28)(H,26,27)/t18-,19+,20?/m0/s1. The van der Waals surface area contributed by atoms with Crippen molar-refractivity contribution in [2.75, 3.05) is 14.2 Å². The van der Waals surface area contributed by atoms with E-state index < -0.39 is 35.9 Å². The number of nitrogens with one attached hydrogen (secondary N) is 1. The van der Waals surface area contributed by atoms with Crippen LogP contribution in [0.15, 0.2) is 48.5 Å². The first-order valence-corrected chi connectivity index (χ1v) is 9.92. The molecule has 8 heteroatoms. The Kier molecular flexibility index (Phi) is 6.40. The summed E-state index contributed by atoms with van der Waals surface area (Å²) in [5.74, 6) is -0.160. The predicted octanol–water partition coefficient (Wildman–Crippen LogP) is 3.74. The normalized spacial score (nSPS) is 20.9. The number of carboxylic acid groups (broad SMARTS) is 1. The Hall–Kier alpha value is -3.26. The van der Waals surface area contributed by atoms with Gasteiger partial charge in [-0.25, -0.2) is 9.59 Å². The zero-order chi connectivity index (χ0) is 22.8. The van der Waals surface area contributed by atoms with E-state index in [9.17, 15) is 14.7 Å². The van der Waals surface area contributed by atoms with E-state index in [-0.39, 0.29) is 0 Å². The van der Waals surface area contributed by atoms with Crippen LogP contribution >= 0.6 is 0 Å². The summed E-state index contributed by atoms with van der Waals surface area (Å²) in [5, 5.41) is 12.8. The quantitative estimate of drug-likeness (QED) is 0.753. The molecule has 0 radical (unpaired) electrons. The third-order valence-electron chi connectivity index (χ3n) is 4.92. The number of carbonyl (C=O) groups excluding carboxylic acids is 1. The van der Waals surface area contributed by atoms with Crippen molar-refractivity contribution in [2.24, 2.45) is 0 Å². The van der Waals surface area contributed by atoms with Crippen LogP contribution in [0.1, 0.15) is 44.2 Å². The van der Waals surface area contributed by atoms with Crippen LogP contribution in [-0.4, -0.2) is 47.9 Å². The fourth-order valence-corrected chi connectivity index (χ4v) is 3.61. The number of ether oxygens (including phenoxy) is 3. The molecule has 1 aliphatic heterocycles. The van der Waals surface area contributed by atoms with Gasteiger partial charge in [0.25, 0.3) is 0 Å². The van der Waals surface area contributed by atoms with Gasteiger partial charge in [0.2, 0.25) is 0 Å². The van der Waals surface area contributed by atoms with E-state index in [1.165, 1.54) is 19.1 Å². The summed E-state index contributed by atoms with van der Waals surface area (Å²) in [6, 6.07) is 12.8. The third kappa shape index (κ3) is 4.74. The second kappa shape index (κ2) is 8.85. The molecular weight excluding hydrogens is 400 g/mol. The summed E-state index contributed by atoms with van der Waals surface area (Å²) in [4.78, 5) is 27.0. The van der Waals surface area contributed by atoms with Crippen molar-refractivity contribution in [1.29, 1.82) is 0 Å². The van der Waals surface area contributed by atoms with Crippen molar-refractivity contribution in [3.63, 3.8) is 0 Å². The van der Waals surface area contributed by atoms with E-state index in [0.717, 1.165) is 0 Å². The molecule has 3 atom stereocenters. The Morgan fingerprint density at radius 1 is 1.06 bits per heavy atom. The lowest BCUT2D eigenvalue weighted by Crippen LogP contribution is -2.49. The Balaban J connectivity index is 2.15. The second-order valence-electron chi connectivity index (χ2n) is 8.30. The van der Waals surface area contributed by atoms with Crippen molar-refractivity contribution in [1.82, 2.24) is 10.2 Å². The van der Waals surface area contributed by atoms with Gasteiger partial charge in [-0.15, -0.1) is 0 Å². The van der Waals surface area contributed by atoms with E-state index in [0.29, 0.717) is 22.6 Å². The van der Waals surface area contributed by atoms with E-state index in [4.69, 9.17) is 14.2 Å². The van der Waals surface area contributed by atoms with Gasteiger partial charge in [0.05, 0.1) is 20.3 Å². The maximum atomic E-state index is 13.4. The number of rotatable bonds is 5. The second-order valence-corrected chi connectivity index (χ2v) is 8.30. The van der Waals surface area contributed by atoms with Crippen LogP contribution in [0.25, 0.3) is 0 Å². The van der Waals surface area contributed by atoms with Crippen LogP contribution in [0.5, 0.6) is 11.5 Å². The SMILES string of the molecule is COc1ccc(C2O[C@@H](C(=O)O)[C@H](c3ccccc3)N2C(=O)NC(C)(C)C)c(OC)c1. The highest BCUT2D eigenvalue weighted by Gasteiger charge is 2.50. The highest BCUT2D eigenvalue weighted by molar-refractivity contribution is 5.80. The van der Waals surface area contributed by atoms with E-state index in [1.807, 2.05) is 26.8 Å². The van der Waals surface area contributed by atoms with Crippen LogP contribution in [0.2, 0.25) is 0 Å². The Morgan fingerprint density at radius 3 is 2.29 bits per heavy atom. The van der Waals surface area contributed by atoms with Gasteiger partial charge in [-0.1, -0.05) is 30.3 Å². The lowest BCUT2D eigenvalue weighted by Gasteiger charge is -2.33. The Bertz CT molecular complexity index is 941. The van der Waals surface area contributed by atoms with Crippen LogP contribution in [0.4, 0.5) is 4.79 Å². The molecule has 1 fully saturated rings. The molecule has 166 valence electrons. The molecule has 0 aromatic heterocycles. The van der Waals surface area contributed by atoms with Gasteiger partial charge in [0.15, 0.2) is 12.3 Å². The minimum absolute atomic E-state index is 0.427. The highest BCUT2D eigenvalue weighted by atomic mass is 16.6. The average molecular weight is 428 g/mol. The fourth-order valence-electron chi connectivity index (χ4n) is 3.61.